The Labute approximate surface area is 159 Å². The van der Waals surface area contributed by atoms with E-state index in [1.807, 2.05) is 0 Å². The molecule has 1 amide bonds. The number of halogens is 3. The summed E-state index contributed by atoms with van der Waals surface area (Å²) in [5.74, 6) is 0.375. The number of carbonyl (C=O) groups excluding carboxylic acids is 1. The number of hydrogen-bond acceptors (Lipinski definition) is 4. The second kappa shape index (κ2) is 8.66. The van der Waals surface area contributed by atoms with E-state index in [4.69, 9.17) is 0 Å². The highest BCUT2D eigenvalue weighted by Gasteiger charge is 2.27. The third-order valence-electron chi connectivity index (χ3n) is 3.79. The van der Waals surface area contributed by atoms with E-state index < -0.39 is 12.8 Å². The first-order valence-corrected chi connectivity index (χ1v) is 8.35. The smallest absolute Gasteiger partial charge is 0.367 e. The molecule has 2 aromatic heterocycles. The largest absolute Gasteiger partial charge is 0.411 e. The van der Waals surface area contributed by atoms with Gasteiger partial charge >= 0.3 is 6.18 Å². The van der Waals surface area contributed by atoms with Crippen LogP contribution in [0.1, 0.15) is 21.5 Å². The molecule has 0 bridgehead atoms. The van der Waals surface area contributed by atoms with Crippen molar-refractivity contribution in [1.82, 2.24) is 19.9 Å². The molecule has 0 aliphatic rings. The number of benzene rings is 1. The minimum atomic E-state index is -4.34. The molecule has 0 unspecified atom stereocenters. The van der Waals surface area contributed by atoms with Crippen molar-refractivity contribution in [2.75, 3.05) is 6.61 Å². The highest BCUT2D eigenvalue weighted by atomic mass is 19.4. The van der Waals surface area contributed by atoms with Crippen molar-refractivity contribution >= 4 is 5.91 Å². The lowest BCUT2D eigenvalue weighted by molar-refractivity contribution is -0.176. The molecule has 9 heteroatoms. The van der Waals surface area contributed by atoms with Gasteiger partial charge in [0.2, 0.25) is 0 Å². The molecular formula is C19H17F3N4O2. The van der Waals surface area contributed by atoms with Crippen LogP contribution in [-0.4, -0.2) is 33.2 Å². The molecule has 0 aliphatic carbocycles. The van der Waals surface area contributed by atoms with E-state index in [1.54, 1.807) is 59.7 Å². The maximum Gasteiger partial charge on any atom is 0.411 e. The van der Waals surface area contributed by atoms with Crippen LogP contribution in [0.5, 0.6) is 0 Å². The zero-order chi connectivity index (χ0) is 20.0. The normalized spacial score (nSPS) is 11.4. The number of carbonyl (C=O) groups is 1. The van der Waals surface area contributed by atoms with E-state index in [-0.39, 0.29) is 19.1 Å². The monoisotopic (exact) mass is 390 g/mol. The molecule has 0 atom stereocenters. The molecular weight excluding hydrogens is 373 g/mol. The summed E-state index contributed by atoms with van der Waals surface area (Å²) in [6.07, 6.45) is 2.14. The van der Waals surface area contributed by atoms with Gasteiger partial charge in [0.05, 0.1) is 12.2 Å². The van der Waals surface area contributed by atoms with Gasteiger partial charge in [0.15, 0.2) is 0 Å². The zero-order valence-corrected chi connectivity index (χ0v) is 14.7. The topological polar surface area (TPSA) is 69.0 Å². The second-order valence-electron chi connectivity index (χ2n) is 5.98. The Morgan fingerprint density at radius 1 is 1.11 bits per heavy atom. The fourth-order valence-electron chi connectivity index (χ4n) is 2.39. The van der Waals surface area contributed by atoms with Crippen LogP contribution in [0, 0.1) is 0 Å². The second-order valence-corrected chi connectivity index (χ2v) is 5.98. The van der Waals surface area contributed by atoms with Gasteiger partial charge in [-0.05, 0) is 23.3 Å². The first-order chi connectivity index (χ1) is 13.4. The molecule has 3 aromatic rings. The van der Waals surface area contributed by atoms with E-state index >= 15 is 0 Å². The number of rotatable bonds is 7. The van der Waals surface area contributed by atoms with E-state index in [0.717, 1.165) is 5.56 Å². The highest BCUT2D eigenvalue weighted by molar-refractivity contribution is 5.93. The minimum Gasteiger partial charge on any atom is -0.367 e. The fraction of sp³-hybridized carbons (Fsp3) is 0.211. The lowest BCUT2D eigenvalue weighted by Crippen LogP contribution is -2.23. The van der Waals surface area contributed by atoms with Gasteiger partial charge in [0.25, 0.3) is 5.91 Å². The Morgan fingerprint density at radius 2 is 1.86 bits per heavy atom. The molecule has 6 nitrogen and oxygen atoms in total. The molecule has 0 radical (unpaired) electrons. The molecule has 0 aliphatic heterocycles. The van der Waals surface area contributed by atoms with Gasteiger partial charge in [-0.1, -0.05) is 24.3 Å². The number of alkyl halides is 3. The molecule has 1 N–H and O–H groups in total. The van der Waals surface area contributed by atoms with Crippen LogP contribution in [0.25, 0.3) is 5.82 Å². The van der Waals surface area contributed by atoms with Crippen LogP contribution < -0.4 is 5.32 Å². The Balaban J connectivity index is 1.49. The zero-order valence-electron chi connectivity index (χ0n) is 14.7. The summed E-state index contributed by atoms with van der Waals surface area (Å²) >= 11 is 0. The minimum absolute atomic E-state index is 0.124. The Morgan fingerprint density at radius 3 is 2.46 bits per heavy atom. The van der Waals surface area contributed by atoms with Crippen LogP contribution in [0.3, 0.4) is 0 Å². The van der Waals surface area contributed by atoms with Crippen molar-refractivity contribution in [3.8, 4) is 5.82 Å². The third kappa shape index (κ3) is 5.65. The van der Waals surface area contributed by atoms with E-state index in [1.165, 1.54) is 6.20 Å². The molecule has 3 rings (SSSR count). The number of hydrogen-bond donors (Lipinski definition) is 1. The summed E-state index contributed by atoms with van der Waals surface area (Å²) in [6, 6.07) is 10.2. The van der Waals surface area contributed by atoms with Crippen molar-refractivity contribution in [1.29, 1.82) is 0 Å². The van der Waals surface area contributed by atoms with Gasteiger partial charge in [-0.3, -0.25) is 9.36 Å². The van der Waals surface area contributed by atoms with Crippen LogP contribution in [-0.2, 0) is 17.9 Å². The summed E-state index contributed by atoms with van der Waals surface area (Å²) in [4.78, 5) is 20.4. The molecule has 0 saturated carbocycles. The van der Waals surface area contributed by atoms with Crippen molar-refractivity contribution in [2.24, 2.45) is 0 Å². The SMILES string of the molecule is O=C(NCc1ccc(COCC(F)(F)F)cc1)c1ccc(-n2ccnc2)nc1. The van der Waals surface area contributed by atoms with Crippen LogP contribution in [0.15, 0.2) is 61.3 Å². The van der Waals surface area contributed by atoms with Crippen molar-refractivity contribution in [2.45, 2.75) is 19.3 Å². The average molecular weight is 390 g/mol. The van der Waals surface area contributed by atoms with Crippen LogP contribution in [0.4, 0.5) is 13.2 Å². The molecule has 28 heavy (non-hydrogen) atoms. The number of aromatic nitrogens is 3. The van der Waals surface area contributed by atoms with Gasteiger partial charge < -0.3 is 10.1 Å². The fourth-order valence-corrected chi connectivity index (χ4v) is 2.39. The summed E-state index contributed by atoms with van der Waals surface area (Å²) in [7, 11) is 0. The van der Waals surface area contributed by atoms with Crippen molar-refractivity contribution in [3.63, 3.8) is 0 Å². The first-order valence-electron chi connectivity index (χ1n) is 8.35. The van der Waals surface area contributed by atoms with Gasteiger partial charge in [-0.15, -0.1) is 0 Å². The Hall–Kier alpha value is -3.20. The maximum absolute atomic E-state index is 12.2. The standard InChI is InChI=1S/C19H17F3N4O2/c20-19(21,22)12-28-11-15-3-1-14(2-4-15)9-25-18(27)16-5-6-17(24-10-16)26-8-7-23-13-26/h1-8,10,13H,9,11-12H2,(H,25,27). The van der Waals surface area contributed by atoms with Gasteiger partial charge in [0.1, 0.15) is 18.8 Å². The molecule has 0 spiro atoms. The first kappa shape index (κ1) is 19.6. The van der Waals surface area contributed by atoms with Crippen LogP contribution >= 0.6 is 0 Å². The number of amides is 1. The molecule has 0 saturated heterocycles. The average Bonchev–Trinajstić information content (AvgIpc) is 3.21. The van der Waals surface area contributed by atoms with Crippen molar-refractivity contribution in [3.05, 3.63) is 78.0 Å². The van der Waals surface area contributed by atoms with Gasteiger partial charge in [0, 0.05) is 25.1 Å². The number of ether oxygens (including phenoxy) is 1. The van der Waals surface area contributed by atoms with Gasteiger partial charge in [-0.2, -0.15) is 13.2 Å². The van der Waals surface area contributed by atoms with Crippen molar-refractivity contribution < 1.29 is 22.7 Å². The molecule has 146 valence electrons. The van der Waals surface area contributed by atoms with E-state index in [0.29, 0.717) is 16.9 Å². The lowest BCUT2D eigenvalue weighted by atomic mass is 10.1. The number of nitrogens with one attached hydrogen (secondary N) is 1. The summed E-state index contributed by atoms with van der Waals surface area (Å²) in [5.41, 5.74) is 1.86. The van der Waals surface area contributed by atoms with E-state index in [2.05, 4.69) is 20.0 Å². The third-order valence-corrected chi connectivity index (χ3v) is 3.79. The van der Waals surface area contributed by atoms with E-state index in [9.17, 15) is 18.0 Å². The summed E-state index contributed by atoms with van der Waals surface area (Å²) < 4.78 is 42.5. The highest BCUT2D eigenvalue weighted by Crippen LogP contribution is 2.16. The Bertz CT molecular complexity index is 892. The number of imidazole rings is 1. The number of pyridine rings is 1. The predicted octanol–water partition coefficient (Wildman–Crippen LogP) is 3.28. The summed E-state index contributed by atoms with van der Waals surface area (Å²) in [6.45, 7) is -1.12. The predicted molar refractivity (Wildman–Crippen MR) is 94.7 cm³/mol. The molecule has 2 heterocycles. The van der Waals surface area contributed by atoms with Crippen LogP contribution in [0.2, 0.25) is 0 Å². The molecule has 1 aromatic carbocycles. The summed E-state index contributed by atoms with van der Waals surface area (Å²) in [5, 5.41) is 2.77. The molecule has 0 fully saturated rings. The van der Waals surface area contributed by atoms with Gasteiger partial charge in [-0.25, -0.2) is 9.97 Å². The number of nitrogens with zero attached hydrogens (tertiary/aromatic N) is 3. The lowest BCUT2D eigenvalue weighted by Gasteiger charge is -2.09. The maximum atomic E-state index is 12.2. The Kier molecular flexibility index (Phi) is 6.05. The quantitative estimate of drug-likeness (QED) is 0.672.